The number of hydrogen-bond acceptors (Lipinski definition) is 4. The van der Waals surface area contributed by atoms with E-state index in [9.17, 15) is 8.78 Å². The Labute approximate surface area is 136 Å². The van der Waals surface area contributed by atoms with Gasteiger partial charge in [-0.25, -0.2) is 13.8 Å². The molecule has 2 rings (SSSR count). The van der Waals surface area contributed by atoms with Crippen LogP contribution in [0.3, 0.4) is 0 Å². The van der Waals surface area contributed by atoms with Gasteiger partial charge in [-0.1, -0.05) is 17.7 Å². The number of hydrogen-bond donors (Lipinski definition) is 3. The number of rotatable bonds is 4. The zero-order valence-electron chi connectivity index (χ0n) is 12.0. The van der Waals surface area contributed by atoms with E-state index in [2.05, 4.69) is 15.3 Å². The largest absolute Gasteiger partial charge is 0.393 e. The highest BCUT2D eigenvalue weighted by atomic mass is 35.5. The summed E-state index contributed by atoms with van der Waals surface area (Å²) in [5.74, 6) is -0.889. The monoisotopic (exact) mass is 344 g/mol. The molecule has 0 radical (unpaired) electrons. The molecule has 0 fully saturated rings. The lowest BCUT2D eigenvalue weighted by atomic mass is 9.94. The van der Waals surface area contributed by atoms with Crippen LogP contribution in [-0.4, -0.2) is 15.5 Å². The van der Waals surface area contributed by atoms with Crippen molar-refractivity contribution in [2.75, 3.05) is 11.1 Å². The Hall–Kier alpha value is -1.73. The molecule has 0 spiro atoms. The third-order valence-corrected chi connectivity index (χ3v) is 3.52. The summed E-state index contributed by atoms with van der Waals surface area (Å²) in [7, 11) is 0. The maximum atomic E-state index is 13.8. The molecule has 118 valence electrons. The van der Waals surface area contributed by atoms with Crippen LogP contribution >= 0.6 is 23.8 Å². The molecule has 0 aliphatic rings. The minimum atomic E-state index is -0.612. The summed E-state index contributed by atoms with van der Waals surface area (Å²) >= 11 is 10.9. The molecule has 0 bridgehead atoms. The quantitative estimate of drug-likeness (QED) is 0.577. The van der Waals surface area contributed by atoms with Crippen LogP contribution < -0.4 is 11.1 Å². The number of nitrogen functional groups attached to an aromatic ring is 1. The second-order valence-corrected chi connectivity index (χ2v) is 6.30. The van der Waals surface area contributed by atoms with Crippen molar-refractivity contribution in [3.63, 3.8) is 0 Å². The molecular weight excluding hydrogens is 330 g/mol. The second kappa shape index (κ2) is 6.18. The molecule has 0 saturated carbocycles. The first kappa shape index (κ1) is 16.6. The molecule has 8 heteroatoms. The molecule has 0 aliphatic heterocycles. The zero-order chi connectivity index (χ0) is 16.5. The standard InChI is InChI=1S/C14H15ClF2N4S/c1-14(2,6-7-3-4-8(16)5-9(7)17)21-12-10(18)11(15)19-13(22)20-12/h3-5H,6,18H2,1-2H3,(H2,19,20,21,22). The SMILES string of the molecule is CC(C)(Cc1ccc(F)cc1F)Nc1nc(=S)[nH]c(Cl)c1N. The van der Waals surface area contributed by atoms with Gasteiger partial charge < -0.3 is 16.0 Å². The number of nitrogens with one attached hydrogen (secondary N) is 2. The number of benzene rings is 1. The van der Waals surface area contributed by atoms with Gasteiger partial charge in [0.25, 0.3) is 0 Å². The third-order valence-electron chi connectivity index (χ3n) is 3.03. The van der Waals surface area contributed by atoms with Crippen molar-refractivity contribution in [2.24, 2.45) is 0 Å². The summed E-state index contributed by atoms with van der Waals surface area (Å²) in [5.41, 5.74) is 5.84. The molecular formula is C14H15ClF2N4S. The zero-order valence-corrected chi connectivity index (χ0v) is 13.6. The Bertz CT molecular complexity index is 761. The van der Waals surface area contributed by atoms with E-state index in [0.717, 1.165) is 6.07 Å². The topological polar surface area (TPSA) is 66.7 Å². The highest BCUT2D eigenvalue weighted by Crippen LogP contribution is 2.27. The fraction of sp³-hybridized carbons (Fsp3) is 0.286. The lowest BCUT2D eigenvalue weighted by Gasteiger charge is -2.28. The lowest BCUT2D eigenvalue weighted by molar-refractivity contribution is 0.522. The van der Waals surface area contributed by atoms with E-state index in [1.54, 1.807) is 0 Å². The van der Waals surface area contributed by atoms with Crippen molar-refractivity contribution in [3.8, 4) is 0 Å². The van der Waals surface area contributed by atoms with Crippen LogP contribution in [0.1, 0.15) is 19.4 Å². The number of aromatic nitrogens is 2. The molecule has 4 N–H and O–H groups in total. The fourth-order valence-electron chi connectivity index (χ4n) is 2.06. The highest BCUT2D eigenvalue weighted by Gasteiger charge is 2.22. The van der Waals surface area contributed by atoms with Gasteiger partial charge in [-0.05, 0) is 44.1 Å². The normalized spacial score (nSPS) is 11.5. The molecule has 1 aromatic heterocycles. The predicted octanol–water partition coefficient (Wildman–Crippen LogP) is 4.09. The first-order chi connectivity index (χ1) is 10.2. The van der Waals surface area contributed by atoms with Gasteiger partial charge in [0.15, 0.2) is 10.6 Å². The molecule has 0 saturated heterocycles. The van der Waals surface area contributed by atoms with Crippen molar-refractivity contribution in [1.82, 2.24) is 9.97 Å². The summed E-state index contributed by atoms with van der Waals surface area (Å²) in [5, 5.41) is 3.28. The highest BCUT2D eigenvalue weighted by molar-refractivity contribution is 7.71. The Kier molecular flexibility index (Phi) is 4.67. The molecule has 22 heavy (non-hydrogen) atoms. The number of nitrogens with zero attached hydrogens (tertiary/aromatic N) is 1. The summed E-state index contributed by atoms with van der Waals surface area (Å²) in [4.78, 5) is 6.71. The van der Waals surface area contributed by atoms with Crippen LogP contribution in [-0.2, 0) is 6.42 Å². The van der Waals surface area contributed by atoms with Crippen molar-refractivity contribution < 1.29 is 8.78 Å². The molecule has 0 unspecified atom stereocenters. The Morgan fingerprint density at radius 2 is 2.09 bits per heavy atom. The molecule has 0 amide bonds. The Morgan fingerprint density at radius 1 is 1.41 bits per heavy atom. The van der Waals surface area contributed by atoms with E-state index < -0.39 is 17.2 Å². The summed E-state index contributed by atoms with van der Waals surface area (Å²) in [6.07, 6.45) is 0.295. The van der Waals surface area contributed by atoms with Crippen molar-refractivity contribution in [3.05, 3.63) is 45.3 Å². The van der Waals surface area contributed by atoms with Crippen molar-refractivity contribution >= 4 is 35.3 Å². The first-order valence-corrected chi connectivity index (χ1v) is 7.24. The molecule has 1 heterocycles. The van der Waals surface area contributed by atoms with Gasteiger partial charge in [-0.15, -0.1) is 0 Å². The maximum Gasteiger partial charge on any atom is 0.199 e. The maximum absolute atomic E-state index is 13.8. The van der Waals surface area contributed by atoms with E-state index in [-0.39, 0.29) is 15.6 Å². The van der Waals surface area contributed by atoms with Gasteiger partial charge >= 0.3 is 0 Å². The van der Waals surface area contributed by atoms with Gasteiger partial charge in [-0.3, -0.25) is 0 Å². The van der Waals surface area contributed by atoms with E-state index >= 15 is 0 Å². The first-order valence-electron chi connectivity index (χ1n) is 6.45. The minimum absolute atomic E-state index is 0.186. The lowest BCUT2D eigenvalue weighted by Crippen LogP contribution is -2.34. The molecule has 2 aromatic rings. The van der Waals surface area contributed by atoms with Gasteiger partial charge in [0.1, 0.15) is 22.5 Å². The third kappa shape index (κ3) is 3.92. The number of halogens is 3. The minimum Gasteiger partial charge on any atom is -0.393 e. The van der Waals surface area contributed by atoms with Crippen LogP contribution in [0.15, 0.2) is 18.2 Å². The van der Waals surface area contributed by atoms with Gasteiger partial charge in [0.2, 0.25) is 0 Å². The van der Waals surface area contributed by atoms with Crippen LogP contribution in [0.4, 0.5) is 20.3 Å². The van der Waals surface area contributed by atoms with Crippen molar-refractivity contribution in [1.29, 1.82) is 0 Å². The van der Waals surface area contributed by atoms with Crippen molar-refractivity contribution in [2.45, 2.75) is 25.8 Å². The fourth-order valence-corrected chi connectivity index (χ4v) is 2.48. The molecule has 1 aromatic carbocycles. The Morgan fingerprint density at radius 3 is 2.73 bits per heavy atom. The van der Waals surface area contributed by atoms with E-state index in [0.29, 0.717) is 17.8 Å². The average molecular weight is 345 g/mol. The predicted molar refractivity (Wildman–Crippen MR) is 86.6 cm³/mol. The second-order valence-electron chi connectivity index (χ2n) is 5.54. The van der Waals surface area contributed by atoms with Crippen LogP contribution in [0.2, 0.25) is 5.15 Å². The smallest absolute Gasteiger partial charge is 0.199 e. The van der Waals surface area contributed by atoms with Gasteiger partial charge in [0.05, 0.1) is 0 Å². The van der Waals surface area contributed by atoms with Gasteiger partial charge in [0, 0.05) is 11.6 Å². The summed E-state index contributed by atoms with van der Waals surface area (Å²) < 4.78 is 26.9. The molecule has 0 atom stereocenters. The summed E-state index contributed by atoms with van der Waals surface area (Å²) in [6.45, 7) is 3.68. The number of H-pyrrole nitrogens is 1. The van der Waals surface area contributed by atoms with E-state index in [1.807, 2.05) is 13.8 Å². The number of nitrogens with two attached hydrogens (primary N) is 1. The van der Waals surface area contributed by atoms with E-state index in [1.165, 1.54) is 12.1 Å². The van der Waals surface area contributed by atoms with E-state index in [4.69, 9.17) is 29.6 Å². The molecule has 0 aliphatic carbocycles. The molecule has 4 nitrogen and oxygen atoms in total. The Balaban J connectivity index is 2.26. The number of anilines is 2. The van der Waals surface area contributed by atoms with Crippen LogP contribution in [0.5, 0.6) is 0 Å². The van der Waals surface area contributed by atoms with Gasteiger partial charge in [-0.2, -0.15) is 0 Å². The van der Waals surface area contributed by atoms with Crippen LogP contribution in [0, 0.1) is 16.4 Å². The summed E-state index contributed by atoms with van der Waals surface area (Å²) in [6, 6.07) is 3.49. The van der Waals surface area contributed by atoms with Crippen LogP contribution in [0.25, 0.3) is 0 Å². The number of aromatic amines is 1. The average Bonchev–Trinajstić information content (AvgIpc) is 2.38.